The van der Waals surface area contributed by atoms with Crippen LogP contribution in [0.25, 0.3) is 0 Å². The molecule has 0 saturated carbocycles. The van der Waals surface area contributed by atoms with Crippen molar-refractivity contribution in [2.75, 3.05) is 10.6 Å². The minimum absolute atomic E-state index is 0.0215. The summed E-state index contributed by atoms with van der Waals surface area (Å²) in [7, 11) is 0. The Morgan fingerprint density at radius 1 is 1.44 bits per heavy atom. The molecule has 1 aromatic carbocycles. The van der Waals surface area contributed by atoms with Crippen LogP contribution in [-0.4, -0.2) is 16.2 Å². The normalized spacial score (nSPS) is 10.1. The van der Waals surface area contributed by atoms with Crippen molar-refractivity contribution in [2.45, 2.75) is 26.2 Å². The molecular weight excluding hydrogens is 300 g/mol. The molecule has 0 heterocycles. The summed E-state index contributed by atoms with van der Waals surface area (Å²) < 4.78 is 0. The molecule has 1 amide bonds. The minimum Gasteiger partial charge on any atom is -0.326 e. The quantitative estimate of drug-likeness (QED) is 0.378. The molecule has 0 aromatic heterocycles. The van der Waals surface area contributed by atoms with Gasteiger partial charge in [-0.1, -0.05) is 22.0 Å². The van der Waals surface area contributed by atoms with Crippen LogP contribution in [0, 0.1) is 17.0 Å². The third-order valence-corrected chi connectivity index (χ3v) is 3.04. The summed E-state index contributed by atoms with van der Waals surface area (Å²) in [6, 6.07) is 4.69. The highest BCUT2D eigenvalue weighted by atomic mass is 79.9. The minimum atomic E-state index is -0.449. The van der Waals surface area contributed by atoms with E-state index in [1.165, 1.54) is 6.07 Å². The molecule has 1 N–H and O–H groups in total. The summed E-state index contributed by atoms with van der Waals surface area (Å²) in [5, 5.41) is 14.3. The predicted molar refractivity (Wildman–Crippen MR) is 74.1 cm³/mol. The van der Waals surface area contributed by atoms with E-state index in [0.29, 0.717) is 17.7 Å². The maximum atomic E-state index is 11.6. The smallest absolute Gasteiger partial charge is 0.274 e. The lowest BCUT2D eigenvalue weighted by molar-refractivity contribution is -0.385. The number of alkyl halides is 1. The SMILES string of the molecule is Cc1ccc(NC(=O)CCCCBr)cc1[N+](=O)[O-]. The monoisotopic (exact) mass is 314 g/mol. The molecule has 0 saturated heterocycles. The van der Waals surface area contributed by atoms with Crippen LogP contribution >= 0.6 is 15.9 Å². The van der Waals surface area contributed by atoms with Crippen LogP contribution in [0.1, 0.15) is 24.8 Å². The summed E-state index contributed by atoms with van der Waals surface area (Å²) in [4.78, 5) is 21.9. The first-order chi connectivity index (χ1) is 8.54. The van der Waals surface area contributed by atoms with Crippen LogP contribution in [0.3, 0.4) is 0 Å². The van der Waals surface area contributed by atoms with Crippen LogP contribution < -0.4 is 5.32 Å². The second-order valence-corrected chi connectivity index (χ2v) is 4.75. The number of anilines is 1. The molecule has 0 fully saturated rings. The Kier molecular flexibility index (Phi) is 5.77. The molecule has 5 nitrogen and oxygen atoms in total. The number of nitro benzene ring substituents is 1. The van der Waals surface area contributed by atoms with E-state index in [9.17, 15) is 14.9 Å². The highest BCUT2D eigenvalue weighted by molar-refractivity contribution is 9.09. The van der Waals surface area contributed by atoms with Gasteiger partial charge in [0.2, 0.25) is 5.91 Å². The second-order valence-electron chi connectivity index (χ2n) is 3.95. The number of rotatable bonds is 6. The Labute approximate surface area is 114 Å². The van der Waals surface area contributed by atoms with Gasteiger partial charge in [0.1, 0.15) is 0 Å². The number of nitro groups is 1. The van der Waals surface area contributed by atoms with Gasteiger partial charge in [-0.25, -0.2) is 0 Å². The third kappa shape index (κ3) is 4.44. The van der Waals surface area contributed by atoms with Gasteiger partial charge in [0.25, 0.3) is 5.69 Å². The second kappa shape index (κ2) is 7.10. The number of aryl methyl sites for hydroxylation is 1. The van der Waals surface area contributed by atoms with Crippen molar-refractivity contribution >= 4 is 33.2 Å². The van der Waals surface area contributed by atoms with E-state index in [0.717, 1.165) is 18.2 Å². The molecule has 0 aliphatic heterocycles. The Morgan fingerprint density at radius 2 is 2.17 bits per heavy atom. The van der Waals surface area contributed by atoms with Crippen LogP contribution in [-0.2, 0) is 4.79 Å². The van der Waals surface area contributed by atoms with Crippen molar-refractivity contribution in [1.29, 1.82) is 0 Å². The van der Waals surface area contributed by atoms with Crippen molar-refractivity contribution in [3.8, 4) is 0 Å². The van der Waals surface area contributed by atoms with E-state index in [1.54, 1.807) is 19.1 Å². The van der Waals surface area contributed by atoms with Gasteiger partial charge < -0.3 is 5.32 Å². The number of nitrogens with zero attached hydrogens (tertiary/aromatic N) is 1. The summed E-state index contributed by atoms with van der Waals surface area (Å²) in [6.07, 6.45) is 2.15. The van der Waals surface area contributed by atoms with Gasteiger partial charge in [0.05, 0.1) is 4.92 Å². The number of unbranched alkanes of at least 4 members (excludes halogenated alkanes) is 1. The molecule has 1 aromatic rings. The molecule has 0 radical (unpaired) electrons. The van der Waals surface area contributed by atoms with Crippen molar-refractivity contribution < 1.29 is 9.72 Å². The molecule has 98 valence electrons. The van der Waals surface area contributed by atoms with E-state index in [-0.39, 0.29) is 11.6 Å². The zero-order valence-corrected chi connectivity index (χ0v) is 11.7. The first-order valence-electron chi connectivity index (χ1n) is 5.65. The van der Waals surface area contributed by atoms with E-state index in [4.69, 9.17) is 0 Å². The molecule has 0 bridgehead atoms. The lowest BCUT2D eigenvalue weighted by atomic mass is 10.2. The number of hydrogen-bond donors (Lipinski definition) is 1. The zero-order chi connectivity index (χ0) is 13.5. The van der Waals surface area contributed by atoms with Gasteiger partial charge in [-0.2, -0.15) is 0 Å². The van der Waals surface area contributed by atoms with E-state index < -0.39 is 4.92 Å². The number of carbonyl (C=O) groups excluding carboxylic acids is 1. The molecule has 0 atom stereocenters. The van der Waals surface area contributed by atoms with Crippen LogP contribution in [0.4, 0.5) is 11.4 Å². The lowest BCUT2D eigenvalue weighted by Crippen LogP contribution is -2.11. The number of nitrogens with one attached hydrogen (secondary N) is 1. The maximum absolute atomic E-state index is 11.6. The average molecular weight is 315 g/mol. The Hall–Kier alpha value is -1.43. The zero-order valence-electron chi connectivity index (χ0n) is 10.1. The van der Waals surface area contributed by atoms with Crippen LogP contribution in [0.5, 0.6) is 0 Å². The van der Waals surface area contributed by atoms with Crippen molar-refractivity contribution in [3.05, 3.63) is 33.9 Å². The first kappa shape index (κ1) is 14.6. The molecule has 0 aliphatic rings. The molecule has 1 rings (SSSR count). The molecule has 18 heavy (non-hydrogen) atoms. The fourth-order valence-corrected chi connectivity index (χ4v) is 1.88. The van der Waals surface area contributed by atoms with Crippen molar-refractivity contribution in [3.63, 3.8) is 0 Å². The Bertz CT molecular complexity index is 449. The van der Waals surface area contributed by atoms with E-state index in [1.807, 2.05) is 0 Å². The highest BCUT2D eigenvalue weighted by Crippen LogP contribution is 2.22. The summed E-state index contributed by atoms with van der Waals surface area (Å²) >= 11 is 3.29. The van der Waals surface area contributed by atoms with E-state index >= 15 is 0 Å². The fraction of sp³-hybridized carbons (Fsp3) is 0.417. The predicted octanol–water partition coefficient (Wildman–Crippen LogP) is 3.41. The fourth-order valence-electron chi connectivity index (χ4n) is 1.49. The van der Waals surface area contributed by atoms with Gasteiger partial charge in [-0.05, 0) is 25.8 Å². The molecule has 0 spiro atoms. The molecular formula is C12H15BrN2O3. The Balaban J connectivity index is 2.65. The van der Waals surface area contributed by atoms with Crippen molar-refractivity contribution in [2.24, 2.45) is 0 Å². The number of benzene rings is 1. The lowest BCUT2D eigenvalue weighted by Gasteiger charge is -2.05. The van der Waals surface area contributed by atoms with Crippen molar-refractivity contribution in [1.82, 2.24) is 0 Å². The highest BCUT2D eigenvalue weighted by Gasteiger charge is 2.12. The summed E-state index contributed by atoms with van der Waals surface area (Å²) in [6.45, 7) is 1.67. The number of amides is 1. The Morgan fingerprint density at radius 3 is 2.78 bits per heavy atom. The largest absolute Gasteiger partial charge is 0.326 e. The first-order valence-corrected chi connectivity index (χ1v) is 6.77. The molecule has 6 heteroatoms. The molecule has 0 unspecified atom stereocenters. The van der Waals surface area contributed by atoms with Gasteiger partial charge in [0.15, 0.2) is 0 Å². The molecule has 0 aliphatic carbocycles. The van der Waals surface area contributed by atoms with Gasteiger partial charge in [-0.15, -0.1) is 0 Å². The average Bonchev–Trinajstić information content (AvgIpc) is 2.31. The maximum Gasteiger partial charge on any atom is 0.274 e. The number of carbonyl (C=O) groups is 1. The van der Waals surface area contributed by atoms with Gasteiger partial charge >= 0.3 is 0 Å². The number of halogens is 1. The topological polar surface area (TPSA) is 72.2 Å². The van der Waals surface area contributed by atoms with Crippen LogP contribution in [0.2, 0.25) is 0 Å². The third-order valence-electron chi connectivity index (χ3n) is 2.48. The summed E-state index contributed by atoms with van der Waals surface area (Å²) in [5.41, 5.74) is 1.07. The summed E-state index contributed by atoms with van der Waals surface area (Å²) in [5.74, 6) is -0.117. The standard InChI is InChI=1S/C12H15BrN2O3/c1-9-5-6-10(8-11(9)15(17)18)14-12(16)4-2-3-7-13/h5-6,8H,2-4,7H2,1H3,(H,14,16). The van der Waals surface area contributed by atoms with Gasteiger partial charge in [0, 0.05) is 29.1 Å². The number of hydrogen-bond acceptors (Lipinski definition) is 3. The van der Waals surface area contributed by atoms with Gasteiger partial charge in [-0.3, -0.25) is 14.9 Å². The van der Waals surface area contributed by atoms with Crippen LogP contribution in [0.15, 0.2) is 18.2 Å². The van der Waals surface area contributed by atoms with E-state index in [2.05, 4.69) is 21.2 Å².